The van der Waals surface area contributed by atoms with E-state index in [4.69, 9.17) is 16.3 Å². The third kappa shape index (κ3) is 5.30. The van der Waals surface area contributed by atoms with Crippen molar-refractivity contribution in [3.05, 3.63) is 53.3 Å². The van der Waals surface area contributed by atoms with E-state index in [-0.39, 0.29) is 52.0 Å². The molecule has 2 aromatic carbocycles. The van der Waals surface area contributed by atoms with Gasteiger partial charge in [0.25, 0.3) is 0 Å². The van der Waals surface area contributed by atoms with Gasteiger partial charge in [-0.3, -0.25) is 9.69 Å². The van der Waals surface area contributed by atoms with E-state index < -0.39 is 11.5 Å². The normalized spacial score (nSPS) is 19.0. The fourth-order valence-corrected chi connectivity index (χ4v) is 5.86. The molecule has 0 saturated carbocycles. The van der Waals surface area contributed by atoms with Crippen LogP contribution >= 0.6 is 11.6 Å². The summed E-state index contributed by atoms with van der Waals surface area (Å²) in [6, 6.07) is 6.34. The van der Waals surface area contributed by atoms with Gasteiger partial charge in [0.2, 0.25) is 5.91 Å². The Morgan fingerprint density at radius 1 is 1.30 bits per heavy atom. The summed E-state index contributed by atoms with van der Waals surface area (Å²) in [6.07, 6.45) is 1.29. The first-order valence-corrected chi connectivity index (χ1v) is 13.6. The number of aromatic hydroxyl groups is 1. The summed E-state index contributed by atoms with van der Waals surface area (Å²) in [5.74, 6) is -0.530. The molecule has 2 aliphatic heterocycles. The largest absolute Gasteiger partial charge is 0.507 e. The molecule has 11 heteroatoms. The van der Waals surface area contributed by atoms with Crippen molar-refractivity contribution in [2.45, 2.75) is 32.5 Å². The molecule has 0 spiro atoms. The molecule has 1 N–H and O–H groups in total. The summed E-state index contributed by atoms with van der Waals surface area (Å²) >= 11 is 6.66. The number of phenolic OH excluding ortho intramolecular Hbond substituents is 1. The Morgan fingerprint density at radius 2 is 2.05 bits per heavy atom. The molecule has 0 bridgehead atoms. The van der Waals surface area contributed by atoms with Crippen LogP contribution in [0.2, 0.25) is 5.02 Å². The molecule has 0 unspecified atom stereocenters. The number of hydrogen-bond donors (Lipinski definition) is 1. The van der Waals surface area contributed by atoms with E-state index in [2.05, 4.69) is 16.5 Å². The topological polar surface area (TPSA) is 82.0 Å². The second kappa shape index (κ2) is 10.8. The number of carbonyl (C=O) groups is 1. The number of rotatable bonds is 7. The molecule has 40 heavy (non-hydrogen) atoms. The van der Waals surface area contributed by atoms with Gasteiger partial charge in [-0.25, -0.2) is 8.78 Å². The number of benzene rings is 2. The number of alkyl halides is 1. The molecule has 1 atom stereocenters. The van der Waals surface area contributed by atoms with Crippen LogP contribution < -0.4 is 9.64 Å². The number of ether oxygens (including phenoxy) is 1. The zero-order chi connectivity index (χ0) is 28.8. The first kappa shape index (κ1) is 28.0. The molecule has 3 heterocycles. The maximum absolute atomic E-state index is 16.3. The van der Waals surface area contributed by atoms with E-state index in [0.717, 1.165) is 0 Å². The summed E-state index contributed by atoms with van der Waals surface area (Å²) in [4.78, 5) is 26.9. The highest BCUT2D eigenvalue weighted by Crippen LogP contribution is 2.43. The van der Waals surface area contributed by atoms with E-state index in [1.807, 2.05) is 16.7 Å². The number of aromatic nitrogens is 2. The van der Waals surface area contributed by atoms with Crippen LogP contribution in [0.1, 0.15) is 19.4 Å². The predicted octanol–water partition coefficient (Wildman–Crippen LogP) is 4.75. The molecule has 212 valence electrons. The second-order valence-corrected chi connectivity index (χ2v) is 11.2. The fourth-order valence-electron chi connectivity index (χ4n) is 5.58. The minimum Gasteiger partial charge on any atom is -0.507 e. The van der Waals surface area contributed by atoms with Gasteiger partial charge in [0.15, 0.2) is 5.82 Å². The van der Waals surface area contributed by atoms with E-state index in [0.29, 0.717) is 56.0 Å². The Labute approximate surface area is 236 Å². The zero-order valence-corrected chi connectivity index (χ0v) is 23.5. The van der Waals surface area contributed by atoms with Crippen LogP contribution in [0.3, 0.4) is 0 Å². The fraction of sp³-hybridized carbons (Fsp3) is 0.414. The van der Waals surface area contributed by atoms with Gasteiger partial charge in [-0.05, 0) is 44.5 Å². The molecular weight excluding hydrogens is 540 g/mol. The van der Waals surface area contributed by atoms with Crippen molar-refractivity contribution in [2.75, 3.05) is 50.8 Å². The molecule has 0 aliphatic carbocycles. The van der Waals surface area contributed by atoms with Crippen molar-refractivity contribution < 1.29 is 23.4 Å². The van der Waals surface area contributed by atoms with Crippen molar-refractivity contribution in [3.63, 3.8) is 0 Å². The number of nitrogens with zero attached hydrogens (tertiary/aromatic N) is 5. The van der Waals surface area contributed by atoms with Crippen molar-refractivity contribution in [1.29, 1.82) is 0 Å². The summed E-state index contributed by atoms with van der Waals surface area (Å²) < 4.78 is 36.1. The molecule has 3 aromatic rings. The Balaban J connectivity index is 1.55. The Kier molecular flexibility index (Phi) is 7.58. The highest BCUT2D eigenvalue weighted by Gasteiger charge is 2.38. The van der Waals surface area contributed by atoms with Gasteiger partial charge in [0.1, 0.15) is 29.4 Å². The molecular formula is C29H32ClF2N5O3. The highest BCUT2D eigenvalue weighted by atomic mass is 35.5. The molecule has 0 radical (unpaired) electrons. The number of halogens is 3. The number of anilines is 1. The van der Waals surface area contributed by atoms with E-state index in [1.54, 1.807) is 36.9 Å². The SMILES string of the molecule is C=CC(=O)N1CCN(c2nc(OCCN3CC(C)(F)C3)nc3c(F)c(-c4c(C)cccc4O)c(Cl)cc23)C[C@H]1C. The van der Waals surface area contributed by atoms with Gasteiger partial charge < -0.3 is 19.6 Å². The van der Waals surface area contributed by atoms with Crippen molar-refractivity contribution in [3.8, 4) is 22.9 Å². The third-order valence-electron chi connectivity index (χ3n) is 7.47. The van der Waals surface area contributed by atoms with Crippen LogP contribution in [0.5, 0.6) is 11.8 Å². The molecule has 5 rings (SSSR count). The van der Waals surface area contributed by atoms with Crippen molar-refractivity contribution >= 4 is 34.2 Å². The van der Waals surface area contributed by atoms with E-state index in [9.17, 15) is 14.3 Å². The molecule has 2 aliphatic rings. The van der Waals surface area contributed by atoms with Crippen LogP contribution in [0.15, 0.2) is 36.9 Å². The van der Waals surface area contributed by atoms with E-state index >= 15 is 4.39 Å². The van der Waals surface area contributed by atoms with Crippen molar-refractivity contribution in [1.82, 2.24) is 19.8 Å². The number of hydrogen-bond acceptors (Lipinski definition) is 7. The lowest BCUT2D eigenvalue weighted by Gasteiger charge is -2.42. The monoisotopic (exact) mass is 571 g/mol. The number of carbonyl (C=O) groups excluding carboxylic acids is 1. The lowest BCUT2D eigenvalue weighted by Crippen LogP contribution is -2.57. The van der Waals surface area contributed by atoms with Gasteiger partial charge in [-0.2, -0.15) is 9.97 Å². The van der Waals surface area contributed by atoms with Crippen LogP contribution in [-0.2, 0) is 4.79 Å². The lowest BCUT2D eigenvalue weighted by atomic mass is 9.97. The molecule has 8 nitrogen and oxygen atoms in total. The number of amides is 1. The standard InChI is InChI=1S/C29H32ClF2N5O3/c1-5-22(39)37-10-9-36(14-18(37)3)27-19-13-20(30)24(23-17(2)7-6-8-21(23)38)25(31)26(19)33-28(34-27)40-12-11-35-15-29(4,32)16-35/h5-8,13,18,38H,1,9-12,14-16H2,2-4H3/t18-/m1/s1. The first-order chi connectivity index (χ1) is 19.0. The van der Waals surface area contributed by atoms with Gasteiger partial charge in [-0.15, -0.1) is 0 Å². The summed E-state index contributed by atoms with van der Waals surface area (Å²) in [7, 11) is 0. The highest BCUT2D eigenvalue weighted by molar-refractivity contribution is 6.34. The van der Waals surface area contributed by atoms with E-state index in [1.165, 1.54) is 12.1 Å². The number of phenols is 1. The molecule has 2 saturated heterocycles. The van der Waals surface area contributed by atoms with Gasteiger partial charge in [0.05, 0.1) is 5.02 Å². The smallest absolute Gasteiger partial charge is 0.319 e. The average molecular weight is 572 g/mol. The number of likely N-dealkylation sites (tertiary alicyclic amines) is 1. The quantitative estimate of drug-likeness (QED) is 0.410. The first-order valence-electron chi connectivity index (χ1n) is 13.2. The zero-order valence-electron chi connectivity index (χ0n) is 22.8. The van der Waals surface area contributed by atoms with Crippen LogP contribution in [0, 0.1) is 12.7 Å². The Bertz CT molecular complexity index is 1460. The maximum Gasteiger partial charge on any atom is 0.319 e. The second-order valence-electron chi connectivity index (χ2n) is 10.7. The summed E-state index contributed by atoms with van der Waals surface area (Å²) in [5.41, 5.74) is -0.223. The Morgan fingerprint density at radius 3 is 2.70 bits per heavy atom. The van der Waals surface area contributed by atoms with Crippen LogP contribution in [0.4, 0.5) is 14.6 Å². The number of aryl methyl sites for hydroxylation is 1. The van der Waals surface area contributed by atoms with Crippen molar-refractivity contribution in [2.24, 2.45) is 0 Å². The van der Waals surface area contributed by atoms with Gasteiger partial charge in [0, 0.05) is 61.8 Å². The molecule has 2 fully saturated rings. The number of fused-ring (bicyclic) bond motifs is 1. The maximum atomic E-state index is 16.3. The summed E-state index contributed by atoms with van der Waals surface area (Å²) in [5, 5.41) is 11.1. The predicted molar refractivity (Wildman–Crippen MR) is 151 cm³/mol. The van der Waals surface area contributed by atoms with Gasteiger partial charge >= 0.3 is 6.01 Å². The minimum atomic E-state index is -1.20. The summed E-state index contributed by atoms with van der Waals surface area (Å²) in [6.45, 7) is 11.4. The Hall–Kier alpha value is -3.50. The number of piperazine rings is 1. The van der Waals surface area contributed by atoms with Crippen LogP contribution in [0.25, 0.3) is 22.0 Å². The molecule has 1 aromatic heterocycles. The molecule has 1 amide bonds. The van der Waals surface area contributed by atoms with Crippen LogP contribution in [-0.4, -0.2) is 88.4 Å². The third-order valence-corrected chi connectivity index (χ3v) is 7.77. The average Bonchev–Trinajstić information content (AvgIpc) is 2.88. The lowest BCUT2D eigenvalue weighted by molar-refractivity contribution is -0.128. The minimum absolute atomic E-state index is 0.000382. The van der Waals surface area contributed by atoms with Gasteiger partial charge in [-0.1, -0.05) is 30.3 Å².